The van der Waals surface area contributed by atoms with Crippen molar-refractivity contribution in [1.82, 2.24) is 36.8 Å². The van der Waals surface area contributed by atoms with Crippen molar-refractivity contribution in [3.8, 4) is 5.75 Å². The van der Waals surface area contributed by atoms with Gasteiger partial charge in [0.25, 0.3) is 0 Å². The number of benzene rings is 1. The fourth-order valence-corrected chi connectivity index (χ4v) is 7.18. The number of phenols is 1. The number of rotatable bonds is 29. The molecular weight excluding hydrogens is 843 g/mol. The highest BCUT2D eigenvalue weighted by Gasteiger charge is 2.39. The maximum absolute atomic E-state index is 14.1. The van der Waals surface area contributed by atoms with Crippen LogP contribution >= 0.6 is 0 Å². The number of likely N-dealkylation sites (N-methyl/N-ethyl adjacent to an activating group) is 1. The molecule has 1 aromatic rings. The van der Waals surface area contributed by atoms with E-state index >= 15 is 0 Å². The first-order valence-electron chi connectivity index (χ1n) is 22.2. The maximum Gasteiger partial charge on any atom is 0.244 e. The molecule has 0 aromatic heterocycles. The highest BCUT2D eigenvalue weighted by Crippen LogP contribution is 2.21. The van der Waals surface area contributed by atoms with Crippen LogP contribution in [0.15, 0.2) is 34.3 Å². The Hall–Kier alpha value is -6.23. The van der Waals surface area contributed by atoms with Gasteiger partial charge in [-0.1, -0.05) is 39.3 Å². The summed E-state index contributed by atoms with van der Waals surface area (Å²) >= 11 is 0. The molecule has 0 bridgehead atoms. The standard InChI is InChI=1S/C42H73N15O8/c1-5-9-28(35(60)55-31(22-25-14-16-26(58)17-15-25)37(62)56-32(23-43)38(63)52-27(34(44)59)18-13-24(2)3)53-36(61)29(10-6-19-50-41(45)46)54-39(64)33-12-8-21-57(33)40(65)30(49-4)11-7-20-51-42(47)48/h14-17,24,27-33,49,58H,5-13,18-23,43H2,1-4H3,(H2,44,59)(H,52,63)(H,53,61)(H,54,64)(H,55,60)(H,56,62)(H4,45,46,50)(H4,47,48,51)/t27?,28-,29-,30-,31-,32?,33-/m0/s1. The molecule has 2 unspecified atom stereocenters. The zero-order chi connectivity index (χ0) is 48.6. The second kappa shape index (κ2) is 28.5. The van der Waals surface area contributed by atoms with Crippen molar-refractivity contribution in [2.45, 2.75) is 134 Å². The van der Waals surface area contributed by atoms with Gasteiger partial charge in [0.1, 0.15) is 42.0 Å². The van der Waals surface area contributed by atoms with Crippen LogP contribution in [0, 0.1) is 5.92 Å². The molecule has 0 aliphatic carbocycles. The fourth-order valence-electron chi connectivity index (χ4n) is 7.18. The summed E-state index contributed by atoms with van der Waals surface area (Å²) in [6, 6.07) is -1.62. The lowest BCUT2D eigenvalue weighted by Crippen LogP contribution is -2.61. The average molecular weight is 916 g/mol. The number of hydrogen-bond donors (Lipinski definition) is 13. The minimum Gasteiger partial charge on any atom is -0.508 e. The Bertz CT molecular complexity index is 1790. The number of guanidine groups is 2. The molecule has 0 spiro atoms. The SMILES string of the molecule is CCC[C@H](NC(=O)[C@H](CCCN=C(N)N)NC(=O)[C@@H]1CCCN1C(=O)[C@H](CCCN=C(N)N)NC)C(=O)N[C@@H](Cc1ccc(O)cc1)C(=O)NC(CN)C(=O)NC(CCC(C)C)C(N)=O. The van der Waals surface area contributed by atoms with Gasteiger partial charge in [-0.05, 0) is 88.4 Å². The van der Waals surface area contributed by atoms with Crippen molar-refractivity contribution in [2.24, 2.45) is 50.3 Å². The van der Waals surface area contributed by atoms with E-state index in [1.807, 2.05) is 13.8 Å². The van der Waals surface area contributed by atoms with E-state index in [4.69, 9.17) is 34.4 Å². The Balaban J connectivity index is 2.34. The van der Waals surface area contributed by atoms with Crippen LogP contribution in [0.1, 0.15) is 90.5 Å². The number of nitrogens with one attached hydrogen (secondary N) is 6. The summed E-state index contributed by atoms with van der Waals surface area (Å²) in [4.78, 5) is 105. The molecule has 1 fully saturated rings. The summed E-state index contributed by atoms with van der Waals surface area (Å²) < 4.78 is 0. The highest BCUT2D eigenvalue weighted by molar-refractivity contribution is 5.97. The average Bonchev–Trinajstić information content (AvgIpc) is 3.75. The first-order valence-corrected chi connectivity index (χ1v) is 22.2. The van der Waals surface area contributed by atoms with Gasteiger partial charge in [-0.2, -0.15) is 0 Å². The van der Waals surface area contributed by atoms with E-state index in [-0.39, 0.29) is 74.7 Å². The summed E-state index contributed by atoms with van der Waals surface area (Å²) in [7, 11) is 1.64. The number of carbonyl (C=O) groups excluding carboxylic acids is 7. The van der Waals surface area contributed by atoms with Gasteiger partial charge < -0.3 is 76.3 Å². The van der Waals surface area contributed by atoms with Crippen molar-refractivity contribution in [3.63, 3.8) is 0 Å². The van der Waals surface area contributed by atoms with Gasteiger partial charge in [0.15, 0.2) is 11.9 Å². The lowest BCUT2D eigenvalue weighted by Gasteiger charge is -2.30. The van der Waals surface area contributed by atoms with Crippen molar-refractivity contribution < 1.29 is 38.7 Å². The molecule has 364 valence electrons. The van der Waals surface area contributed by atoms with Crippen LogP contribution in [0.2, 0.25) is 0 Å². The summed E-state index contributed by atoms with van der Waals surface area (Å²) in [5.41, 5.74) is 33.8. The minimum atomic E-state index is -1.33. The molecule has 23 nitrogen and oxygen atoms in total. The van der Waals surface area contributed by atoms with E-state index in [0.29, 0.717) is 57.2 Å². The van der Waals surface area contributed by atoms with Gasteiger partial charge in [-0.25, -0.2) is 0 Å². The normalized spacial score (nSPS) is 16.2. The molecule has 23 heteroatoms. The number of hydrogen-bond acceptors (Lipinski definition) is 12. The Morgan fingerprint density at radius 2 is 1.20 bits per heavy atom. The summed E-state index contributed by atoms with van der Waals surface area (Å²) in [6.45, 7) is 6.12. The maximum atomic E-state index is 14.1. The van der Waals surface area contributed by atoms with Gasteiger partial charge >= 0.3 is 0 Å². The van der Waals surface area contributed by atoms with E-state index in [9.17, 15) is 38.7 Å². The molecule has 2 rings (SSSR count). The van der Waals surface area contributed by atoms with E-state index in [2.05, 4.69) is 41.9 Å². The smallest absolute Gasteiger partial charge is 0.244 e. The third-order valence-electron chi connectivity index (χ3n) is 10.8. The van der Waals surface area contributed by atoms with Gasteiger partial charge in [-0.3, -0.25) is 43.5 Å². The van der Waals surface area contributed by atoms with Crippen LogP contribution in [0.4, 0.5) is 0 Å². The molecule has 19 N–H and O–H groups in total. The molecule has 1 heterocycles. The number of aliphatic imine (C=N–C) groups is 2. The number of nitrogens with two attached hydrogens (primary N) is 6. The molecule has 0 saturated carbocycles. The zero-order valence-electron chi connectivity index (χ0n) is 38.1. The zero-order valence-corrected chi connectivity index (χ0v) is 38.1. The lowest BCUT2D eigenvalue weighted by atomic mass is 10.0. The Labute approximate surface area is 380 Å². The van der Waals surface area contributed by atoms with Crippen LogP contribution in [0.5, 0.6) is 5.75 Å². The number of primary amides is 1. The van der Waals surface area contributed by atoms with E-state index in [1.54, 1.807) is 26.1 Å². The Morgan fingerprint density at radius 1 is 0.692 bits per heavy atom. The number of phenolic OH excluding ortho intramolecular Hbond substituents is 1. The molecule has 7 atom stereocenters. The Morgan fingerprint density at radius 3 is 1.72 bits per heavy atom. The van der Waals surface area contributed by atoms with Crippen molar-refractivity contribution in [3.05, 3.63) is 29.8 Å². The number of aromatic hydroxyl groups is 1. The minimum absolute atomic E-state index is 0.0313. The monoisotopic (exact) mass is 916 g/mol. The van der Waals surface area contributed by atoms with Crippen LogP contribution in [-0.4, -0.2) is 139 Å². The van der Waals surface area contributed by atoms with Gasteiger partial charge in [-0.15, -0.1) is 0 Å². The largest absolute Gasteiger partial charge is 0.508 e. The molecule has 0 radical (unpaired) electrons. The third kappa shape index (κ3) is 19.6. The molecule has 7 amide bonds. The molecule has 1 aromatic carbocycles. The van der Waals surface area contributed by atoms with Crippen molar-refractivity contribution >= 4 is 53.3 Å². The second-order valence-electron chi connectivity index (χ2n) is 16.5. The first kappa shape index (κ1) is 54.9. The highest BCUT2D eigenvalue weighted by atomic mass is 16.3. The molecule has 1 aliphatic heterocycles. The van der Waals surface area contributed by atoms with Crippen LogP contribution < -0.4 is 66.3 Å². The number of amides is 7. The quantitative estimate of drug-likeness (QED) is 0.0213. The van der Waals surface area contributed by atoms with E-state index in [0.717, 1.165) is 0 Å². The lowest BCUT2D eigenvalue weighted by molar-refractivity contribution is -0.141. The van der Waals surface area contributed by atoms with E-state index < -0.39 is 77.7 Å². The summed E-state index contributed by atoms with van der Waals surface area (Å²) in [6.07, 6.45) is 3.44. The van der Waals surface area contributed by atoms with Crippen LogP contribution in [0.3, 0.4) is 0 Å². The van der Waals surface area contributed by atoms with Crippen LogP contribution in [0.25, 0.3) is 0 Å². The number of likely N-dealkylation sites (tertiary alicyclic amines) is 1. The number of nitrogens with zero attached hydrogens (tertiary/aromatic N) is 3. The van der Waals surface area contributed by atoms with E-state index in [1.165, 1.54) is 17.0 Å². The topological polar surface area (TPSA) is 396 Å². The second-order valence-corrected chi connectivity index (χ2v) is 16.5. The summed E-state index contributed by atoms with van der Waals surface area (Å²) in [5.74, 6) is -4.62. The molecule has 1 aliphatic rings. The van der Waals surface area contributed by atoms with Gasteiger partial charge in [0.05, 0.1) is 6.04 Å². The van der Waals surface area contributed by atoms with Crippen LogP contribution in [-0.2, 0) is 40.0 Å². The Kier molecular flexibility index (Phi) is 24.1. The van der Waals surface area contributed by atoms with Crippen molar-refractivity contribution in [1.29, 1.82) is 0 Å². The van der Waals surface area contributed by atoms with Gasteiger partial charge in [0, 0.05) is 32.6 Å². The van der Waals surface area contributed by atoms with Crippen molar-refractivity contribution in [2.75, 3.05) is 33.2 Å². The number of carbonyl (C=O) groups is 7. The summed E-state index contributed by atoms with van der Waals surface area (Å²) in [5, 5.41) is 26.2. The van der Waals surface area contributed by atoms with Gasteiger partial charge in [0.2, 0.25) is 41.4 Å². The predicted molar refractivity (Wildman–Crippen MR) is 246 cm³/mol. The fraction of sp³-hybridized carbons (Fsp3) is 0.643. The molecule has 65 heavy (non-hydrogen) atoms. The predicted octanol–water partition coefficient (Wildman–Crippen LogP) is -3.27. The molecule has 1 saturated heterocycles. The first-order chi connectivity index (χ1) is 30.8. The molecular formula is C42H73N15O8. The third-order valence-corrected chi connectivity index (χ3v) is 10.8.